The first-order valence-electron chi connectivity index (χ1n) is 6.31. The van der Waals surface area contributed by atoms with Crippen LogP contribution in [-0.2, 0) is 9.53 Å². The van der Waals surface area contributed by atoms with Gasteiger partial charge in [-0.2, -0.15) is 0 Å². The average molecular weight is 227 g/mol. The van der Waals surface area contributed by atoms with Crippen molar-refractivity contribution in [3.8, 4) is 0 Å². The first-order chi connectivity index (χ1) is 7.37. The number of ether oxygens (including phenoxy) is 1. The number of nitrogens with two attached hydrogens (primary N) is 1. The zero-order valence-corrected chi connectivity index (χ0v) is 10.8. The second-order valence-electron chi connectivity index (χ2n) is 5.86. The predicted molar refractivity (Wildman–Crippen MR) is 65.0 cm³/mol. The van der Waals surface area contributed by atoms with E-state index in [9.17, 15) is 4.79 Å². The van der Waals surface area contributed by atoms with Gasteiger partial charge in [-0.15, -0.1) is 0 Å². The van der Waals surface area contributed by atoms with E-state index in [1.165, 1.54) is 6.42 Å². The summed E-state index contributed by atoms with van der Waals surface area (Å²) in [5, 5.41) is 0. The Hall–Kier alpha value is -0.570. The highest BCUT2D eigenvalue weighted by atomic mass is 16.5. The van der Waals surface area contributed by atoms with E-state index >= 15 is 0 Å². The minimum atomic E-state index is -0.333. The van der Waals surface area contributed by atoms with E-state index in [0.717, 1.165) is 25.7 Å². The van der Waals surface area contributed by atoms with Crippen molar-refractivity contribution in [1.82, 2.24) is 0 Å². The van der Waals surface area contributed by atoms with E-state index in [4.69, 9.17) is 10.5 Å². The summed E-state index contributed by atoms with van der Waals surface area (Å²) >= 11 is 0. The highest BCUT2D eigenvalue weighted by Gasteiger charge is 2.34. The fourth-order valence-electron chi connectivity index (χ4n) is 2.43. The summed E-state index contributed by atoms with van der Waals surface area (Å²) in [4.78, 5) is 11.5. The van der Waals surface area contributed by atoms with Gasteiger partial charge in [0.05, 0.1) is 13.0 Å². The smallest absolute Gasteiger partial charge is 0.307 e. The molecule has 3 heteroatoms. The number of rotatable bonds is 3. The van der Waals surface area contributed by atoms with Crippen molar-refractivity contribution in [2.45, 2.75) is 64.8 Å². The molecule has 1 rings (SSSR count). The molecule has 1 fully saturated rings. The Morgan fingerprint density at radius 2 is 1.94 bits per heavy atom. The topological polar surface area (TPSA) is 52.3 Å². The van der Waals surface area contributed by atoms with E-state index in [1.54, 1.807) is 0 Å². The third kappa shape index (κ3) is 4.12. The van der Waals surface area contributed by atoms with Gasteiger partial charge in [0.1, 0.15) is 0 Å². The van der Waals surface area contributed by atoms with Gasteiger partial charge in [-0.3, -0.25) is 4.79 Å². The molecule has 1 aliphatic rings. The molecule has 0 saturated heterocycles. The number of carbonyl (C=O) groups excluding carboxylic acids is 1. The molecule has 1 unspecified atom stereocenters. The van der Waals surface area contributed by atoms with Gasteiger partial charge in [0.2, 0.25) is 0 Å². The zero-order chi connectivity index (χ0) is 12.2. The number of esters is 1. The number of hydrogen-bond acceptors (Lipinski definition) is 3. The highest BCUT2D eigenvalue weighted by Crippen LogP contribution is 2.38. The van der Waals surface area contributed by atoms with Gasteiger partial charge in [-0.1, -0.05) is 20.3 Å². The maximum atomic E-state index is 11.5. The molecule has 0 heterocycles. The van der Waals surface area contributed by atoms with Gasteiger partial charge in [-0.05, 0) is 38.0 Å². The Morgan fingerprint density at radius 1 is 1.25 bits per heavy atom. The van der Waals surface area contributed by atoms with Crippen molar-refractivity contribution in [2.24, 2.45) is 11.1 Å². The SMILES string of the molecule is CCOC(=O)CC1(N)CCCC(C)(C)CC1. The van der Waals surface area contributed by atoms with Gasteiger partial charge in [0.25, 0.3) is 0 Å². The van der Waals surface area contributed by atoms with Crippen LogP contribution < -0.4 is 5.73 Å². The van der Waals surface area contributed by atoms with Crippen molar-refractivity contribution in [3.63, 3.8) is 0 Å². The lowest BCUT2D eigenvalue weighted by Crippen LogP contribution is -2.42. The maximum absolute atomic E-state index is 11.5. The molecule has 0 bridgehead atoms. The Morgan fingerprint density at radius 3 is 2.56 bits per heavy atom. The highest BCUT2D eigenvalue weighted by molar-refractivity contribution is 5.70. The monoisotopic (exact) mass is 227 g/mol. The van der Waals surface area contributed by atoms with Crippen molar-refractivity contribution in [2.75, 3.05) is 6.61 Å². The van der Waals surface area contributed by atoms with Gasteiger partial charge in [0, 0.05) is 5.54 Å². The summed E-state index contributed by atoms with van der Waals surface area (Å²) in [6.07, 6.45) is 5.66. The van der Waals surface area contributed by atoms with Gasteiger partial charge in [-0.25, -0.2) is 0 Å². The van der Waals surface area contributed by atoms with Crippen molar-refractivity contribution in [3.05, 3.63) is 0 Å². The lowest BCUT2D eigenvalue weighted by Gasteiger charge is -2.28. The van der Waals surface area contributed by atoms with E-state index in [1.807, 2.05) is 6.92 Å². The number of carbonyl (C=O) groups is 1. The summed E-state index contributed by atoms with van der Waals surface area (Å²) in [6.45, 7) is 6.84. The van der Waals surface area contributed by atoms with Gasteiger partial charge < -0.3 is 10.5 Å². The Balaban J connectivity index is 2.53. The molecule has 0 spiro atoms. The largest absolute Gasteiger partial charge is 0.466 e. The fraction of sp³-hybridized carbons (Fsp3) is 0.923. The predicted octanol–water partition coefficient (Wildman–Crippen LogP) is 2.63. The van der Waals surface area contributed by atoms with Crippen LogP contribution in [0.1, 0.15) is 59.3 Å². The van der Waals surface area contributed by atoms with Crippen LogP contribution in [0, 0.1) is 5.41 Å². The van der Waals surface area contributed by atoms with Crippen LogP contribution in [0.4, 0.5) is 0 Å². The Labute approximate surface area is 98.7 Å². The molecule has 0 aromatic heterocycles. The molecule has 1 saturated carbocycles. The number of hydrogen-bond donors (Lipinski definition) is 1. The van der Waals surface area contributed by atoms with E-state index in [2.05, 4.69) is 13.8 Å². The molecule has 2 N–H and O–H groups in total. The second-order valence-corrected chi connectivity index (χ2v) is 5.86. The lowest BCUT2D eigenvalue weighted by molar-refractivity contribution is -0.144. The fourth-order valence-corrected chi connectivity index (χ4v) is 2.43. The van der Waals surface area contributed by atoms with Crippen molar-refractivity contribution < 1.29 is 9.53 Å². The maximum Gasteiger partial charge on any atom is 0.307 e. The molecule has 16 heavy (non-hydrogen) atoms. The first kappa shape index (κ1) is 13.5. The molecule has 0 aromatic rings. The summed E-state index contributed by atoms with van der Waals surface area (Å²) in [5.74, 6) is -0.148. The normalized spacial score (nSPS) is 29.5. The van der Waals surface area contributed by atoms with Crippen molar-refractivity contribution >= 4 is 5.97 Å². The molecule has 0 amide bonds. The third-order valence-electron chi connectivity index (χ3n) is 3.63. The molecule has 0 aliphatic heterocycles. The zero-order valence-electron chi connectivity index (χ0n) is 10.8. The van der Waals surface area contributed by atoms with Gasteiger partial charge >= 0.3 is 5.97 Å². The van der Waals surface area contributed by atoms with E-state index in [-0.39, 0.29) is 11.5 Å². The minimum Gasteiger partial charge on any atom is -0.466 e. The summed E-state index contributed by atoms with van der Waals surface area (Å²) in [6, 6.07) is 0. The summed E-state index contributed by atoms with van der Waals surface area (Å²) in [7, 11) is 0. The lowest BCUT2D eigenvalue weighted by atomic mass is 9.83. The Kier molecular flexibility index (Phi) is 4.36. The van der Waals surface area contributed by atoms with Crippen LogP contribution in [0.25, 0.3) is 0 Å². The minimum absolute atomic E-state index is 0.148. The van der Waals surface area contributed by atoms with Crippen LogP contribution >= 0.6 is 0 Å². The molecule has 0 radical (unpaired) electrons. The quantitative estimate of drug-likeness (QED) is 0.595. The molecule has 3 nitrogen and oxygen atoms in total. The molecule has 1 atom stereocenters. The van der Waals surface area contributed by atoms with Crippen LogP contribution in [0.5, 0.6) is 0 Å². The molecular formula is C13H25NO2. The van der Waals surface area contributed by atoms with Crippen LogP contribution in [0.3, 0.4) is 0 Å². The molecular weight excluding hydrogens is 202 g/mol. The van der Waals surface area contributed by atoms with Crippen LogP contribution in [0.2, 0.25) is 0 Å². The van der Waals surface area contributed by atoms with E-state index < -0.39 is 0 Å². The van der Waals surface area contributed by atoms with Crippen LogP contribution in [0.15, 0.2) is 0 Å². The van der Waals surface area contributed by atoms with Crippen LogP contribution in [-0.4, -0.2) is 18.1 Å². The molecule has 0 aromatic carbocycles. The van der Waals surface area contributed by atoms with Crippen molar-refractivity contribution in [1.29, 1.82) is 0 Å². The standard InChI is InChI=1S/C13H25NO2/c1-4-16-11(15)10-13(14)7-5-6-12(2,3)8-9-13/h4-10,14H2,1-3H3. The van der Waals surface area contributed by atoms with E-state index in [0.29, 0.717) is 18.4 Å². The van der Waals surface area contributed by atoms with Gasteiger partial charge in [0.15, 0.2) is 0 Å². The Bertz CT molecular complexity index is 250. The summed E-state index contributed by atoms with van der Waals surface area (Å²) in [5.41, 5.74) is 6.35. The molecule has 94 valence electrons. The summed E-state index contributed by atoms with van der Waals surface area (Å²) < 4.78 is 4.98. The first-order valence-corrected chi connectivity index (χ1v) is 6.31. The average Bonchev–Trinajstić information content (AvgIpc) is 2.26. The third-order valence-corrected chi connectivity index (χ3v) is 3.63. The second kappa shape index (κ2) is 5.17. The molecule has 1 aliphatic carbocycles.